The highest BCUT2D eigenvalue weighted by molar-refractivity contribution is 5.86. The van der Waals surface area contributed by atoms with Gasteiger partial charge in [0.15, 0.2) is 5.84 Å². The van der Waals surface area contributed by atoms with E-state index in [2.05, 4.69) is 5.16 Å². The molecule has 5 heteroatoms. The van der Waals surface area contributed by atoms with Gasteiger partial charge >= 0.3 is 0 Å². The maximum absolute atomic E-state index is 11.3. The number of hydrogen-bond donors (Lipinski definition) is 2. The minimum Gasteiger partial charge on any atom is -0.409 e. The lowest BCUT2D eigenvalue weighted by Crippen LogP contribution is -2.35. The van der Waals surface area contributed by atoms with E-state index >= 15 is 0 Å². The van der Waals surface area contributed by atoms with Gasteiger partial charge in [0, 0.05) is 13.5 Å². The van der Waals surface area contributed by atoms with Gasteiger partial charge in [0.05, 0.1) is 6.54 Å². The minimum atomic E-state index is 0.0217. The molecule has 0 aliphatic heterocycles. The topological polar surface area (TPSA) is 78.9 Å². The molecule has 3 N–H and O–H groups in total. The number of carbonyl (C=O) groups excluding carboxylic acids is 1. The van der Waals surface area contributed by atoms with E-state index in [0.29, 0.717) is 6.42 Å². The minimum absolute atomic E-state index is 0.0217. The van der Waals surface area contributed by atoms with Gasteiger partial charge in [-0.05, 0) is 6.42 Å². The Labute approximate surface area is 78.2 Å². The largest absolute Gasteiger partial charge is 0.409 e. The Morgan fingerprint density at radius 3 is 2.69 bits per heavy atom. The van der Waals surface area contributed by atoms with Gasteiger partial charge < -0.3 is 15.8 Å². The van der Waals surface area contributed by atoms with Crippen LogP contribution in [0.2, 0.25) is 0 Å². The molecule has 5 nitrogen and oxygen atoms in total. The van der Waals surface area contributed by atoms with Crippen molar-refractivity contribution < 1.29 is 10.0 Å². The van der Waals surface area contributed by atoms with E-state index in [9.17, 15) is 4.79 Å². The molecule has 0 saturated heterocycles. The number of unbranched alkanes of at least 4 members (excludes halogenated alkanes) is 1. The Morgan fingerprint density at radius 1 is 1.62 bits per heavy atom. The van der Waals surface area contributed by atoms with E-state index in [-0.39, 0.29) is 18.3 Å². The molecule has 0 rings (SSSR count). The van der Waals surface area contributed by atoms with Gasteiger partial charge in [0.2, 0.25) is 5.91 Å². The summed E-state index contributed by atoms with van der Waals surface area (Å²) in [6, 6.07) is 0. The third kappa shape index (κ3) is 5.05. The fourth-order valence-electron chi connectivity index (χ4n) is 0.882. The van der Waals surface area contributed by atoms with Crippen LogP contribution in [-0.4, -0.2) is 35.4 Å². The lowest BCUT2D eigenvalue weighted by Gasteiger charge is -2.15. The summed E-state index contributed by atoms with van der Waals surface area (Å²) in [6.07, 6.45) is 2.38. The maximum atomic E-state index is 11.3. The maximum Gasteiger partial charge on any atom is 0.222 e. The molecule has 0 fully saturated rings. The van der Waals surface area contributed by atoms with Crippen LogP contribution in [0.3, 0.4) is 0 Å². The summed E-state index contributed by atoms with van der Waals surface area (Å²) in [5.74, 6) is 0.0702. The number of carbonyl (C=O) groups is 1. The molecule has 0 aromatic rings. The normalized spacial score (nSPS) is 11.4. The van der Waals surface area contributed by atoms with Crippen LogP contribution in [0.25, 0.3) is 0 Å². The Bertz CT molecular complexity index is 192. The van der Waals surface area contributed by atoms with Gasteiger partial charge in [-0.1, -0.05) is 18.5 Å². The third-order valence-corrected chi connectivity index (χ3v) is 1.70. The molecule has 0 atom stereocenters. The first kappa shape index (κ1) is 11.7. The molecule has 0 unspecified atom stereocenters. The summed E-state index contributed by atoms with van der Waals surface area (Å²) in [5.41, 5.74) is 5.25. The van der Waals surface area contributed by atoms with E-state index < -0.39 is 0 Å². The fourth-order valence-corrected chi connectivity index (χ4v) is 0.882. The first-order valence-corrected chi connectivity index (χ1v) is 4.32. The zero-order chi connectivity index (χ0) is 10.3. The van der Waals surface area contributed by atoms with Crippen LogP contribution in [0, 0.1) is 0 Å². The molecular formula is C8H17N3O2. The molecule has 1 amide bonds. The smallest absolute Gasteiger partial charge is 0.222 e. The number of oxime groups is 1. The molecule has 76 valence electrons. The third-order valence-electron chi connectivity index (χ3n) is 1.70. The van der Waals surface area contributed by atoms with Crippen molar-refractivity contribution in [2.45, 2.75) is 26.2 Å². The number of hydrogen-bond acceptors (Lipinski definition) is 3. The standard InChI is InChI=1S/C8H17N3O2/c1-3-4-5-8(12)11(2)6-7(9)10-13/h13H,3-6H2,1-2H3,(H2,9,10). The Balaban J connectivity index is 3.82. The first-order valence-electron chi connectivity index (χ1n) is 4.32. The highest BCUT2D eigenvalue weighted by Gasteiger charge is 2.08. The average Bonchev–Trinajstić information content (AvgIpc) is 2.13. The monoisotopic (exact) mass is 187 g/mol. The van der Waals surface area contributed by atoms with Gasteiger partial charge in [-0.15, -0.1) is 0 Å². The predicted molar refractivity (Wildman–Crippen MR) is 50.6 cm³/mol. The van der Waals surface area contributed by atoms with Crippen molar-refractivity contribution in [1.29, 1.82) is 0 Å². The van der Waals surface area contributed by atoms with Crippen molar-refractivity contribution in [2.75, 3.05) is 13.6 Å². The van der Waals surface area contributed by atoms with E-state index in [1.807, 2.05) is 6.92 Å². The Morgan fingerprint density at radius 2 is 2.23 bits per heavy atom. The van der Waals surface area contributed by atoms with Crippen molar-refractivity contribution in [1.82, 2.24) is 4.90 Å². The number of nitrogens with two attached hydrogens (primary N) is 1. The summed E-state index contributed by atoms with van der Waals surface area (Å²) in [5, 5.41) is 11.1. The average molecular weight is 187 g/mol. The molecule has 0 saturated carbocycles. The molecule has 0 radical (unpaired) electrons. The van der Waals surface area contributed by atoms with Gasteiger partial charge in [-0.3, -0.25) is 4.79 Å². The predicted octanol–water partition coefficient (Wildman–Crippen LogP) is 0.381. The van der Waals surface area contributed by atoms with E-state index in [0.717, 1.165) is 12.8 Å². The quantitative estimate of drug-likeness (QED) is 0.283. The van der Waals surface area contributed by atoms with Crippen LogP contribution in [0.4, 0.5) is 0 Å². The lowest BCUT2D eigenvalue weighted by atomic mass is 10.2. The van der Waals surface area contributed by atoms with E-state index in [1.54, 1.807) is 7.05 Å². The second-order valence-electron chi connectivity index (χ2n) is 2.94. The summed E-state index contributed by atoms with van der Waals surface area (Å²) in [7, 11) is 1.63. The molecule has 0 spiro atoms. The molecule has 0 heterocycles. The summed E-state index contributed by atoms with van der Waals surface area (Å²) in [6.45, 7) is 2.20. The van der Waals surface area contributed by atoms with Gasteiger partial charge in [0.25, 0.3) is 0 Å². The summed E-state index contributed by atoms with van der Waals surface area (Å²) < 4.78 is 0. The Kier molecular flexibility index (Phi) is 5.67. The molecule has 0 bridgehead atoms. The van der Waals surface area contributed by atoms with Crippen molar-refractivity contribution in [3.63, 3.8) is 0 Å². The molecule has 0 aromatic heterocycles. The number of likely N-dealkylation sites (N-methyl/N-ethyl adjacent to an activating group) is 1. The number of rotatable bonds is 5. The molecular weight excluding hydrogens is 170 g/mol. The van der Waals surface area contributed by atoms with Crippen molar-refractivity contribution in [2.24, 2.45) is 10.9 Å². The molecule has 0 aliphatic carbocycles. The molecule has 0 aromatic carbocycles. The number of nitrogens with zero attached hydrogens (tertiary/aromatic N) is 2. The zero-order valence-electron chi connectivity index (χ0n) is 8.16. The zero-order valence-corrected chi connectivity index (χ0v) is 8.16. The van der Waals surface area contributed by atoms with Crippen molar-refractivity contribution >= 4 is 11.7 Å². The van der Waals surface area contributed by atoms with Crippen LogP contribution < -0.4 is 5.73 Å². The Hall–Kier alpha value is -1.26. The second-order valence-corrected chi connectivity index (χ2v) is 2.94. The van der Waals surface area contributed by atoms with Gasteiger partial charge in [0.1, 0.15) is 0 Å². The van der Waals surface area contributed by atoms with Crippen LogP contribution >= 0.6 is 0 Å². The lowest BCUT2D eigenvalue weighted by molar-refractivity contribution is -0.129. The molecule has 0 aliphatic rings. The van der Waals surface area contributed by atoms with Crippen LogP contribution in [0.15, 0.2) is 5.16 Å². The van der Waals surface area contributed by atoms with Crippen LogP contribution in [0.1, 0.15) is 26.2 Å². The van der Waals surface area contributed by atoms with Gasteiger partial charge in [-0.2, -0.15) is 0 Å². The van der Waals surface area contributed by atoms with Crippen molar-refractivity contribution in [3.8, 4) is 0 Å². The number of amidine groups is 1. The molecule has 13 heavy (non-hydrogen) atoms. The van der Waals surface area contributed by atoms with Crippen molar-refractivity contribution in [3.05, 3.63) is 0 Å². The van der Waals surface area contributed by atoms with Crippen LogP contribution in [-0.2, 0) is 4.79 Å². The SMILES string of the molecule is CCCCC(=O)N(C)CC(N)=NO. The fraction of sp³-hybridized carbons (Fsp3) is 0.750. The number of amides is 1. The summed E-state index contributed by atoms with van der Waals surface area (Å²) in [4.78, 5) is 12.7. The first-order chi connectivity index (χ1) is 6.11. The highest BCUT2D eigenvalue weighted by atomic mass is 16.4. The van der Waals surface area contributed by atoms with Gasteiger partial charge in [-0.25, -0.2) is 0 Å². The second kappa shape index (κ2) is 6.28. The van der Waals surface area contributed by atoms with E-state index in [4.69, 9.17) is 10.9 Å². The highest BCUT2D eigenvalue weighted by Crippen LogP contribution is 1.98. The van der Waals surface area contributed by atoms with Crippen LogP contribution in [0.5, 0.6) is 0 Å². The van der Waals surface area contributed by atoms with E-state index in [1.165, 1.54) is 4.90 Å². The summed E-state index contributed by atoms with van der Waals surface area (Å²) >= 11 is 0.